The molecule has 0 radical (unpaired) electrons. The number of anilines is 1. The smallest absolute Gasteiger partial charge is 0.251 e. The third-order valence-electron chi connectivity index (χ3n) is 4.19. The van der Waals surface area contributed by atoms with Gasteiger partial charge in [0.15, 0.2) is 0 Å². The van der Waals surface area contributed by atoms with Gasteiger partial charge in [-0.05, 0) is 48.4 Å². The first-order chi connectivity index (χ1) is 11.8. The van der Waals surface area contributed by atoms with Gasteiger partial charge in [-0.15, -0.1) is 0 Å². The third-order valence-corrected chi connectivity index (χ3v) is 4.81. The quantitative estimate of drug-likeness (QED) is 0.874. The Labute approximate surface area is 147 Å². The molecule has 1 saturated heterocycles. The van der Waals surface area contributed by atoms with E-state index in [1.807, 2.05) is 42.6 Å². The number of nitrogens with zero attached hydrogens (tertiary/aromatic N) is 2. The summed E-state index contributed by atoms with van der Waals surface area (Å²) >= 11 is 1.75. The van der Waals surface area contributed by atoms with Crippen molar-refractivity contribution in [3.05, 3.63) is 59.3 Å². The van der Waals surface area contributed by atoms with Gasteiger partial charge >= 0.3 is 0 Å². The summed E-state index contributed by atoms with van der Waals surface area (Å²) in [5.74, 6) is 1.91. The summed E-state index contributed by atoms with van der Waals surface area (Å²) in [7, 11) is 0. The first kappa shape index (κ1) is 16.8. The van der Waals surface area contributed by atoms with Gasteiger partial charge in [-0.2, -0.15) is 11.8 Å². The van der Waals surface area contributed by atoms with E-state index in [9.17, 15) is 4.79 Å². The number of nitrogens with one attached hydrogen (secondary N) is 1. The fraction of sp³-hybridized carbons (Fsp3) is 0.368. The van der Waals surface area contributed by atoms with Crippen molar-refractivity contribution >= 4 is 23.5 Å². The normalized spacial score (nSPS) is 14.0. The molecule has 5 heteroatoms. The van der Waals surface area contributed by atoms with Gasteiger partial charge in [0.1, 0.15) is 5.82 Å². The summed E-state index contributed by atoms with van der Waals surface area (Å²) in [6, 6.07) is 11.9. The molecule has 0 atom stereocenters. The van der Waals surface area contributed by atoms with Crippen LogP contribution in [0, 0.1) is 0 Å². The Morgan fingerprint density at radius 1 is 1.21 bits per heavy atom. The average molecular weight is 341 g/mol. The Morgan fingerprint density at radius 3 is 2.75 bits per heavy atom. The van der Waals surface area contributed by atoms with Crippen LogP contribution in [0.15, 0.2) is 42.6 Å². The van der Waals surface area contributed by atoms with Crippen molar-refractivity contribution in [2.24, 2.45) is 0 Å². The fourth-order valence-corrected chi connectivity index (χ4v) is 3.42. The summed E-state index contributed by atoms with van der Waals surface area (Å²) in [5.41, 5.74) is 2.90. The molecule has 2 heterocycles. The predicted octanol–water partition coefficient (Wildman–Crippen LogP) is 3.47. The van der Waals surface area contributed by atoms with Gasteiger partial charge in [0.2, 0.25) is 0 Å². The van der Waals surface area contributed by atoms with Crippen molar-refractivity contribution in [3.63, 3.8) is 0 Å². The Morgan fingerprint density at radius 2 is 2.04 bits per heavy atom. The molecule has 0 aliphatic carbocycles. The largest absolute Gasteiger partial charge is 0.357 e. The minimum Gasteiger partial charge on any atom is -0.357 e. The number of hydrogen-bond donors (Lipinski definition) is 1. The number of carbonyl (C=O) groups excluding carboxylic acids is 1. The van der Waals surface area contributed by atoms with Crippen LogP contribution in [0.5, 0.6) is 0 Å². The van der Waals surface area contributed by atoms with Gasteiger partial charge in [-0.3, -0.25) is 4.79 Å². The van der Waals surface area contributed by atoms with E-state index in [0.717, 1.165) is 30.2 Å². The summed E-state index contributed by atoms with van der Waals surface area (Å²) < 4.78 is 0. The number of amides is 1. The number of aromatic nitrogens is 1. The zero-order chi connectivity index (χ0) is 16.8. The lowest BCUT2D eigenvalue weighted by molar-refractivity contribution is 0.0951. The summed E-state index contributed by atoms with van der Waals surface area (Å²) in [6.07, 6.45) is 6.41. The second kappa shape index (κ2) is 8.20. The molecule has 1 aromatic heterocycles. The fourth-order valence-electron chi connectivity index (χ4n) is 2.91. The molecule has 3 rings (SSSR count). The van der Waals surface area contributed by atoms with Crippen molar-refractivity contribution in [1.82, 2.24) is 10.3 Å². The van der Waals surface area contributed by atoms with E-state index in [4.69, 9.17) is 0 Å². The van der Waals surface area contributed by atoms with E-state index in [2.05, 4.69) is 21.5 Å². The van der Waals surface area contributed by atoms with Crippen LogP contribution < -0.4 is 10.2 Å². The summed E-state index contributed by atoms with van der Waals surface area (Å²) in [4.78, 5) is 19.1. The first-order valence-electron chi connectivity index (χ1n) is 8.32. The molecule has 24 heavy (non-hydrogen) atoms. The molecule has 0 saturated carbocycles. The molecule has 4 nitrogen and oxygen atoms in total. The van der Waals surface area contributed by atoms with E-state index in [1.165, 1.54) is 18.4 Å². The Balaban J connectivity index is 1.56. The van der Waals surface area contributed by atoms with Crippen LogP contribution in [0.25, 0.3) is 0 Å². The van der Waals surface area contributed by atoms with E-state index >= 15 is 0 Å². The molecule has 0 bridgehead atoms. The molecule has 1 aliphatic heterocycles. The van der Waals surface area contributed by atoms with Gasteiger partial charge in [0.05, 0.1) is 0 Å². The van der Waals surface area contributed by atoms with Crippen molar-refractivity contribution in [2.75, 3.05) is 24.2 Å². The Bertz CT molecular complexity index is 681. The van der Waals surface area contributed by atoms with Crippen LogP contribution in [0.3, 0.4) is 0 Å². The van der Waals surface area contributed by atoms with E-state index in [-0.39, 0.29) is 5.91 Å². The molecule has 1 N–H and O–H groups in total. The molecule has 1 aromatic carbocycles. The number of pyridine rings is 1. The number of carbonyl (C=O) groups is 1. The molecular formula is C19H23N3OS. The standard InChI is InChI=1S/C19H23N3OS/c1-24-14-15-5-4-6-17(11-15)19(23)21-13-16-7-8-18(20-12-16)22-9-2-3-10-22/h4-8,11-12H,2-3,9-10,13-14H2,1H3,(H,21,23). The van der Waals surface area contributed by atoms with Gasteiger partial charge in [-0.1, -0.05) is 18.2 Å². The van der Waals surface area contributed by atoms with Gasteiger partial charge < -0.3 is 10.2 Å². The lowest BCUT2D eigenvalue weighted by atomic mass is 10.1. The van der Waals surface area contributed by atoms with Crippen molar-refractivity contribution in [3.8, 4) is 0 Å². The molecule has 126 valence electrons. The second-order valence-electron chi connectivity index (χ2n) is 6.03. The first-order valence-corrected chi connectivity index (χ1v) is 9.71. The maximum atomic E-state index is 12.3. The molecule has 1 amide bonds. The minimum absolute atomic E-state index is 0.0402. The number of rotatable bonds is 6. The lowest BCUT2D eigenvalue weighted by Gasteiger charge is -2.16. The highest BCUT2D eigenvalue weighted by atomic mass is 32.2. The van der Waals surface area contributed by atoms with Crippen LogP contribution in [0.1, 0.15) is 34.3 Å². The summed E-state index contributed by atoms with van der Waals surface area (Å²) in [6.45, 7) is 2.68. The maximum absolute atomic E-state index is 12.3. The zero-order valence-corrected chi connectivity index (χ0v) is 14.8. The van der Waals surface area contributed by atoms with E-state index < -0.39 is 0 Å². The molecule has 2 aromatic rings. The molecular weight excluding hydrogens is 318 g/mol. The average Bonchev–Trinajstić information content (AvgIpc) is 3.15. The van der Waals surface area contributed by atoms with Gasteiger partial charge in [0.25, 0.3) is 5.91 Å². The van der Waals surface area contributed by atoms with Crippen molar-refractivity contribution in [1.29, 1.82) is 0 Å². The molecule has 1 aliphatic rings. The van der Waals surface area contributed by atoms with Crippen LogP contribution in [-0.4, -0.2) is 30.2 Å². The highest BCUT2D eigenvalue weighted by molar-refractivity contribution is 7.97. The molecule has 0 spiro atoms. The molecule has 0 unspecified atom stereocenters. The van der Waals surface area contributed by atoms with Crippen LogP contribution in [0.2, 0.25) is 0 Å². The SMILES string of the molecule is CSCc1cccc(C(=O)NCc2ccc(N3CCCC3)nc2)c1. The Kier molecular flexibility index (Phi) is 5.75. The van der Waals surface area contributed by atoms with Gasteiger partial charge in [0, 0.05) is 37.1 Å². The van der Waals surface area contributed by atoms with Crippen LogP contribution in [0.4, 0.5) is 5.82 Å². The maximum Gasteiger partial charge on any atom is 0.251 e. The van der Waals surface area contributed by atoms with Crippen LogP contribution >= 0.6 is 11.8 Å². The highest BCUT2D eigenvalue weighted by Crippen LogP contribution is 2.17. The van der Waals surface area contributed by atoms with Gasteiger partial charge in [-0.25, -0.2) is 4.98 Å². The number of benzene rings is 1. The van der Waals surface area contributed by atoms with E-state index in [1.54, 1.807) is 11.8 Å². The summed E-state index contributed by atoms with van der Waals surface area (Å²) in [5, 5.41) is 2.97. The number of hydrogen-bond acceptors (Lipinski definition) is 4. The van der Waals surface area contributed by atoms with Crippen molar-refractivity contribution in [2.45, 2.75) is 25.1 Å². The lowest BCUT2D eigenvalue weighted by Crippen LogP contribution is -2.23. The third kappa shape index (κ3) is 4.29. The van der Waals surface area contributed by atoms with Crippen LogP contribution in [-0.2, 0) is 12.3 Å². The highest BCUT2D eigenvalue weighted by Gasteiger charge is 2.13. The van der Waals surface area contributed by atoms with Crippen molar-refractivity contribution < 1.29 is 4.79 Å². The predicted molar refractivity (Wildman–Crippen MR) is 101 cm³/mol. The number of thioether (sulfide) groups is 1. The van der Waals surface area contributed by atoms with E-state index in [0.29, 0.717) is 12.1 Å². The molecule has 1 fully saturated rings. The monoisotopic (exact) mass is 341 g/mol. The topological polar surface area (TPSA) is 45.2 Å². The minimum atomic E-state index is -0.0402. The Hall–Kier alpha value is -2.01. The second-order valence-corrected chi connectivity index (χ2v) is 6.90. The zero-order valence-electron chi connectivity index (χ0n) is 14.0.